The Hall–Kier alpha value is -0.610. The molecular formula is C16H30N2O2. The Bertz CT molecular complexity index is 335. The third kappa shape index (κ3) is 3.34. The summed E-state index contributed by atoms with van der Waals surface area (Å²) in [7, 11) is 0. The van der Waals surface area contributed by atoms with Crippen molar-refractivity contribution in [3.8, 4) is 0 Å². The highest BCUT2D eigenvalue weighted by molar-refractivity contribution is 5.84. The lowest BCUT2D eigenvalue weighted by atomic mass is 9.91. The van der Waals surface area contributed by atoms with Crippen LogP contribution in [0.1, 0.15) is 59.8 Å². The third-order valence-electron chi connectivity index (χ3n) is 4.62. The Kier molecular flexibility index (Phi) is 5.08. The van der Waals surface area contributed by atoms with Crippen molar-refractivity contribution < 1.29 is 9.90 Å². The van der Waals surface area contributed by atoms with Crippen LogP contribution in [0.25, 0.3) is 0 Å². The van der Waals surface area contributed by atoms with Crippen LogP contribution in [0.4, 0.5) is 0 Å². The summed E-state index contributed by atoms with van der Waals surface area (Å²) in [4.78, 5) is 14.8. The summed E-state index contributed by atoms with van der Waals surface area (Å²) in [6, 6.07) is 0.289. The lowest BCUT2D eigenvalue weighted by molar-refractivity contribution is -0.134. The molecule has 0 radical (unpaired) electrons. The molecule has 0 aromatic carbocycles. The van der Waals surface area contributed by atoms with Gasteiger partial charge in [-0.25, -0.2) is 0 Å². The van der Waals surface area contributed by atoms with E-state index in [-0.39, 0.29) is 24.2 Å². The number of carbonyl (C=O) groups is 1. The van der Waals surface area contributed by atoms with Crippen LogP contribution in [0.2, 0.25) is 0 Å². The van der Waals surface area contributed by atoms with Gasteiger partial charge in [0.1, 0.15) is 0 Å². The minimum atomic E-state index is -0.166. The molecule has 1 heterocycles. The second-order valence-electron chi connectivity index (χ2n) is 7.25. The number of carbonyl (C=O) groups excluding carboxylic acids is 1. The Balaban J connectivity index is 2.09. The summed E-state index contributed by atoms with van der Waals surface area (Å²) in [5, 5.41) is 13.2. The van der Waals surface area contributed by atoms with Crippen molar-refractivity contribution in [3.63, 3.8) is 0 Å². The molecule has 116 valence electrons. The molecule has 0 spiro atoms. The molecule has 2 unspecified atom stereocenters. The van der Waals surface area contributed by atoms with Gasteiger partial charge in [0, 0.05) is 6.04 Å². The van der Waals surface area contributed by atoms with E-state index in [2.05, 4.69) is 37.9 Å². The number of nitrogens with zero attached hydrogens (tertiary/aromatic N) is 1. The van der Waals surface area contributed by atoms with Gasteiger partial charge in [-0.1, -0.05) is 27.7 Å². The molecule has 2 atom stereocenters. The summed E-state index contributed by atoms with van der Waals surface area (Å²) in [5.74, 6) is 1.22. The predicted octanol–water partition coefficient (Wildman–Crippen LogP) is 2.12. The zero-order valence-electron chi connectivity index (χ0n) is 13.3. The molecule has 2 N–H and O–H groups in total. The van der Waals surface area contributed by atoms with Crippen LogP contribution in [0.3, 0.4) is 0 Å². The summed E-state index contributed by atoms with van der Waals surface area (Å²) in [6.45, 7) is 8.68. The maximum atomic E-state index is 12.7. The fraction of sp³-hybridized carbons (Fsp3) is 0.938. The van der Waals surface area contributed by atoms with Gasteiger partial charge in [-0.2, -0.15) is 0 Å². The highest BCUT2D eigenvalue weighted by Gasteiger charge is 2.44. The lowest BCUT2D eigenvalue weighted by Crippen LogP contribution is -2.48. The van der Waals surface area contributed by atoms with Gasteiger partial charge in [-0.15, -0.1) is 0 Å². The van der Waals surface area contributed by atoms with Gasteiger partial charge in [0.25, 0.3) is 0 Å². The third-order valence-corrected chi connectivity index (χ3v) is 4.62. The highest BCUT2D eigenvalue weighted by atomic mass is 16.3. The molecule has 0 bridgehead atoms. The van der Waals surface area contributed by atoms with E-state index in [4.69, 9.17) is 0 Å². The molecule has 1 saturated heterocycles. The van der Waals surface area contributed by atoms with Crippen molar-refractivity contribution >= 4 is 5.91 Å². The van der Waals surface area contributed by atoms with Gasteiger partial charge >= 0.3 is 0 Å². The van der Waals surface area contributed by atoms with Gasteiger partial charge in [0.15, 0.2) is 0 Å². The summed E-state index contributed by atoms with van der Waals surface area (Å²) in [5.41, 5.74) is 0. The van der Waals surface area contributed by atoms with E-state index < -0.39 is 0 Å². The van der Waals surface area contributed by atoms with Crippen LogP contribution in [0.5, 0.6) is 0 Å². The first-order valence-electron chi connectivity index (χ1n) is 8.16. The average molecular weight is 282 g/mol. The smallest absolute Gasteiger partial charge is 0.241 e. The zero-order valence-corrected chi connectivity index (χ0v) is 13.3. The minimum absolute atomic E-state index is 0.0192. The van der Waals surface area contributed by atoms with Gasteiger partial charge in [0.05, 0.1) is 18.3 Å². The topological polar surface area (TPSA) is 52.6 Å². The zero-order chi connectivity index (χ0) is 14.9. The number of rotatable bonds is 4. The Morgan fingerprint density at radius 1 is 1.20 bits per heavy atom. The van der Waals surface area contributed by atoms with Crippen molar-refractivity contribution in [1.29, 1.82) is 0 Å². The maximum Gasteiger partial charge on any atom is 0.241 e. The van der Waals surface area contributed by atoms with Crippen molar-refractivity contribution in [2.45, 2.75) is 84.2 Å². The van der Waals surface area contributed by atoms with Gasteiger partial charge < -0.3 is 10.0 Å². The van der Waals surface area contributed by atoms with Crippen LogP contribution >= 0.6 is 0 Å². The van der Waals surface area contributed by atoms with Crippen LogP contribution in [-0.4, -0.2) is 40.3 Å². The molecule has 4 nitrogen and oxygen atoms in total. The highest BCUT2D eigenvalue weighted by Crippen LogP contribution is 2.30. The van der Waals surface area contributed by atoms with Crippen LogP contribution in [0.15, 0.2) is 0 Å². The van der Waals surface area contributed by atoms with E-state index in [1.165, 1.54) is 0 Å². The SMILES string of the molecule is CC(C)CC1NC(C(C)C)N(C2CCC(O)CC2)C1=O. The van der Waals surface area contributed by atoms with E-state index in [1.807, 2.05) is 0 Å². The summed E-state index contributed by atoms with van der Waals surface area (Å²) < 4.78 is 0. The van der Waals surface area contributed by atoms with E-state index in [1.54, 1.807) is 0 Å². The Labute approximate surface area is 122 Å². The average Bonchev–Trinajstić information content (AvgIpc) is 2.68. The first-order chi connectivity index (χ1) is 9.40. The van der Waals surface area contributed by atoms with Crippen molar-refractivity contribution in [2.75, 3.05) is 0 Å². The van der Waals surface area contributed by atoms with Crippen LogP contribution in [-0.2, 0) is 4.79 Å². The monoisotopic (exact) mass is 282 g/mol. The standard InChI is InChI=1S/C16H30N2O2/c1-10(2)9-14-16(20)18(15(17-14)11(3)4)12-5-7-13(19)8-6-12/h10-15,17,19H,5-9H2,1-4H3. The summed E-state index contributed by atoms with van der Waals surface area (Å²) in [6.07, 6.45) is 4.43. The number of hydrogen-bond donors (Lipinski definition) is 2. The van der Waals surface area contributed by atoms with E-state index in [0.29, 0.717) is 17.9 Å². The molecule has 20 heavy (non-hydrogen) atoms. The fourth-order valence-corrected chi connectivity index (χ4v) is 3.57. The van der Waals surface area contributed by atoms with Gasteiger partial charge in [-0.05, 0) is 43.9 Å². The lowest BCUT2D eigenvalue weighted by Gasteiger charge is -2.38. The molecule has 0 aromatic rings. The fourth-order valence-electron chi connectivity index (χ4n) is 3.57. The van der Waals surface area contributed by atoms with Crippen molar-refractivity contribution in [1.82, 2.24) is 10.2 Å². The molecule has 1 saturated carbocycles. The first kappa shape index (κ1) is 15.8. The number of amides is 1. The molecule has 0 aromatic heterocycles. The van der Waals surface area contributed by atoms with Crippen LogP contribution < -0.4 is 5.32 Å². The molecule has 2 aliphatic rings. The van der Waals surface area contributed by atoms with Crippen LogP contribution in [0, 0.1) is 11.8 Å². The number of aliphatic hydroxyl groups is 1. The predicted molar refractivity (Wildman–Crippen MR) is 80.1 cm³/mol. The molecule has 2 rings (SSSR count). The Morgan fingerprint density at radius 2 is 1.80 bits per heavy atom. The van der Waals surface area contributed by atoms with E-state index >= 15 is 0 Å². The Morgan fingerprint density at radius 3 is 2.30 bits per heavy atom. The van der Waals surface area contributed by atoms with E-state index in [9.17, 15) is 9.90 Å². The van der Waals surface area contributed by atoms with Gasteiger partial charge in [0.2, 0.25) is 5.91 Å². The molecule has 1 amide bonds. The molecule has 1 aliphatic heterocycles. The first-order valence-corrected chi connectivity index (χ1v) is 8.16. The van der Waals surface area contributed by atoms with Crippen molar-refractivity contribution in [3.05, 3.63) is 0 Å². The van der Waals surface area contributed by atoms with Gasteiger partial charge in [-0.3, -0.25) is 10.1 Å². The minimum Gasteiger partial charge on any atom is -0.393 e. The second-order valence-corrected chi connectivity index (χ2v) is 7.25. The largest absolute Gasteiger partial charge is 0.393 e. The van der Waals surface area contributed by atoms with Crippen molar-refractivity contribution in [2.24, 2.45) is 11.8 Å². The molecular weight excluding hydrogens is 252 g/mol. The molecule has 4 heteroatoms. The summed E-state index contributed by atoms with van der Waals surface area (Å²) >= 11 is 0. The maximum absolute atomic E-state index is 12.7. The normalized spacial score (nSPS) is 35.4. The number of hydrogen-bond acceptors (Lipinski definition) is 3. The van der Waals surface area contributed by atoms with E-state index in [0.717, 1.165) is 32.1 Å². The number of aliphatic hydroxyl groups excluding tert-OH is 1. The second kappa shape index (κ2) is 6.44. The number of nitrogens with one attached hydrogen (secondary N) is 1. The quantitative estimate of drug-likeness (QED) is 0.830. The molecule has 2 fully saturated rings. The molecule has 1 aliphatic carbocycles.